The molecular weight excluding hydrogens is 372 g/mol. The van der Waals surface area contributed by atoms with Crippen LogP contribution in [0.15, 0.2) is 47.4 Å². The molecule has 9 heteroatoms. The molecule has 0 fully saturated rings. The van der Waals surface area contributed by atoms with Crippen LogP contribution < -0.4 is 10.1 Å². The van der Waals surface area contributed by atoms with Crippen molar-refractivity contribution in [3.63, 3.8) is 0 Å². The van der Waals surface area contributed by atoms with E-state index >= 15 is 0 Å². The van der Waals surface area contributed by atoms with Crippen LogP contribution in [0.1, 0.15) is 20.7 Å². The number of nitrogens with one attached hydrogen (secondary N) is 1. The summed E-state index contributed by atoms with van der Waals surface area (Å²) in [5.74, 6) is -0.845. The molecule has 2 aromatic carbocycles. The molecule has 0 saturated heterocycles. The maximum atomic E-state index is 12.5. The highest BCUT2D eigenvalue weighted by Crippen LogP contribution is 2.27. The zero-order chi connectivity index (χ0) is 20.2. The van der Waals surface area contributed by atoms with Crippen molar-refractivity contribution in [3.8, 4) is 5.75 Å². The third kappa shape index (κ3) is 4.44. The van der Waals surface area contributed by atoms with Crippen LogP contribution in [0, 0.1) is 0 Å². The van der Waals surface area contributed by atoms with E-state index in [-0.39, 0.29) is 16.2 Å². The first-order valence-corrected chi connectivity index (χ1v) is 9.25. The lowest BCUT2D eigenvalue weighted by Gasteiger charge is -2.15. The molecule has 0 radical (unpaired) electrons. The average molecular weight is 392 g/mol. The van der Waals surface area contributed by atoms with Gasteiger partial charge in [0.05, 0.1) is 19.8 Å². The maximum absolute atomic E-state index is 12.5. The summed E-state index contributed by atoms with van der Waals surface area (Å²) in [5.41, 5.74) is 0.938. The molecule has 2 aromatic rings. The summed E-state index contributed by atoms with van der Waals surface area (Å²) < 4.78 is 35.6. The number of rotatable bonds is 6. The average Bonchev–Trinajstić information content (AvgIpc) is 2.67. The first-order chi connectivity index (χ1) is 12.7. The van der Waals surface area contributed by atoms with E-state index in [1.165, 1.54) is 58.6 Å². The van der Waals surface area contributed by atoms with E-state index in [9.17, 15) is 18.0 Å². The quantitative estimate of drug-likeness (QED) is 0.755. The second kappa shape index (κ2) is 8.19. The summed E-state index contributed by atoms with van der Waals surface area (Å²) in [6, 6.07) is 10.3. The van der Waals surface area contributed by atoms with Crippen LogP contribution in [0.25, 0.3) is 0 Å². The van der Waals surface area contributed by atoms with Gasteiger partial charge >= 0.3 is 5.97 Å². The Labute approximate surface area is 157 Å². The maximum Gasteiger partial charge on any atom is 0.337 e. The predicted octanol–water partition coefficient (Wildman–Crippen LogP) is 1.98. The normalized spacial score (nSPS) is 11.1. The molecule has 0 heterocycles. The van der Waals surface area contributed by atoms with Crippen LogP contribution in [-0.4, -0.2) is 52.9 Å². The monoisotopic (exact) mass is 392 g/mol. The number of benzene rings is 2. The Bertz CT molecular complexity index is 952. The highest BCUT2D eigenvalue weighted by molar-refractivity contribution is 7.89. The van der Waals surface area contributed by atoms with Crippen molar-refractivity contribution < 1.29 is 27.5 Å². The highest BCUT2D eigenvalue weighted by atomic mass is 32.2. The van der Waals surface area contributed by atoms with Gasteiger partial charge in [0, 0.05) is 25.3 Å². The fraction of sp³-hybridized carbons (Fsp3) is 0.222. The number of esters is 1. The zero-order valence-corrected chi connectivity index (χ0v) is 16.2. The van der Waals surface area contributed by atoms with Crippen LogP contribution in [0.5, 0.6) is 5.75 Å². The molecule has 0 atom stereocenters. The lowest BCUT2D eigenvalue weighted by molar-refractivity contribution is 0.0600. The van der Waals surface area contributed by atoms with Crippen molar-refractivity contribution >= 4 is 27.6 Å². The Kier molecular flexibility index (Phi) is 6.19. The van der Waals surface area contributed by atoms with Crippen molar-refractivity contribution in [2.45, 2.75) is 4.90 Å². The molecule has 8 nitrogen and oxygen atoms in total. The smallest absolute Gasteiger partial charge is 0.337 e. The summed E-state index contributed by atoms with van der Waals surface area (Å²) in [6.45, 7) is 0. The number of hydrogen-bond acceptors (Lipinski definition) is 6. The Balaban J connectivity index is 2.30. The predicted molar refractivity (Wildman–Crippen MR) is 99.6 cm³/mol. The third-order valence-electron chi connectivity index (χ3n) is 3.75. The van der Waals surface area contributed by atoms with E-state index < -0.39 is 21.9 Å². The number of carbonyl (C=O) groups is 2. The second-order valence-corrected chi connectivity index (χ2v) is 7.80. The van der Waals surface area contributed by atoms with Gasteiger partial charge < -0.3 is 14.8 Å². The minimum absolute atomic E-state index is 0.108. The Morgan fingerprint density at radius 3 is 2.07 bits per heavy atom. The summed E-state index contributed by atoms with van der Waals surface area (Å²) in [5, 5.41) is 2.65. The summed E-state index contributed by atoms with van der Waals surface area (Å²) >= 11 is 0. The first-order valence-electron chi connectivity index (χ1n) is 7.81. The molecule has 1 N–H and O–H groups in total. The van der Waals surface area contributed by atoms with Gasteiger partial charge in [0.2, 0.25) is 10.0 Å². The molecule has 0 aliphatic rings. The van der Waals surface area contributed by atoms with E-state index in [2.05, 4.69) is 10.1 Å². The fourth-order valence-corrected chi connectivity index (χ4v) is 3.30. The Hall–Kier alpha value is -2.91. The molecule has 0 aromatic heterocycles. The molecular formula is C18H20N2O6S. The Morgan fingerprint density at radius 1 is 0.963 bits per heavy atom. The molecule has 0 bridgehead atoms. The Morgan fingerprint density at radius 2 is 1.56 bits per heavy atom. The van der Waals surface area contributed by atoms with Crippen LogP contribution in [0.3, 0.4) is 0 Å². The first kappa shape index (κ1) is 20.4. The van der Waals surface area contributed by atoms with Crippen LogP contribution in [0.4, 0.5) is 5.69 Å². The van der Waals surface area contributed by atoms with Crippen LogP contribution >= 0.6 is 0 Å². The van der Waals surface area contributed by atoms with Gasteiger partial charge in [-0.15, -0.1) is 0 Å². The fourth-order valence-electron chi connectivity index (χ4n) is 2.23. The van der Waals surface area contributed by atoms with Gasteiger partial charge in [0.25, 0.3) is 5.91 Å². The van der Waals surface area contributed by atoms with Gasteiger partial charge in [-0.1, -0.05) is 0 Å². The van der Waals surface area contributed by atoms with Gasteiger partial charge in [-0.25, -0.2) is 17.5 Å². The van der Waals surface area contributed by atoms with Gasteiger partial charge in [-0.2, -0.15) is 0 Å². The van der Waals surface area contributed by atoms with Crippen molar-refractivity contribution in [1.29, 1.82) is 0 Å². The van der Waals surface area contributed by atoms with Gasteiger partial charge in [0.1, 0.15) is 10.6 Å². The number of methoxy groups -OCH3 is 2. The lowest BCUT2D eigenvalue weighted by atomic mass is 10.1. The largest absolute Gasteiger partial charge is 0.495 e. The summed E-state index contributed by atoms with van der Waals surface area (Å²) in [6.07, 6.45) is 0. The number of hydrogen-bond donors (Lipinski definition) is 1. The van der Waals surface area contributed by atoms with Crippen molar-refractivity contribution in [2.75, 3.05) is 33.6 Å². The van der Waals surface area contributed by atoms with E-state index in [0.717, 1.165) is 4.31 Å². The molecule has 0 unspecified atom stereocenters. The second-order valence-electron chi connectivity index (χ2n) is 5.68. The lowest BCUT2D eigenvalue weighted by Crippen LogP contribution is -2.23. The zero-order valence-electron chi connectivity index (χ0n) is 15.3. The van der Waals surface area contributed by atoms with E-state index in [1.54, 1.807) is 12.1 Å². The molecule has 0 spiro atoms. The van der Waals surface area contributed by atoms with Crippen LogP contribution in [0.2, 0.25) is 0 Å². The SMILES string of the molecule is COC(=O)c1ccc(NC(=O)c2ccc(OC)c(S(=O)(=O)N(C)C)c2)cc1. The van der Waals surface area contributed by atoms with Gasteiger partial charge in [0.15, 0.2) is 0 Å². The molecule has 27 heavy (non-hydrogen) atoms. The van der Waals surface area contributed by atoms with E-state index in [4.69, 9.17) is 4.74 Å². The minimum Gasteiger partial charge on any atom is -0.495 e. The van der Waals surface area contributed by atoms with E-state index in [0.29, 0.717) is 11.3 Å². The summed E-state index contributed by atoms with van der Waals surface area (Å²) in [4.78, 5) is 23.8. The molecule has 0 aliphatic carbocycles. The van der Waals surface area contributed by atoms with Crippen molar-refractivity contribution in [2.24, 2.45) is 0 Å². The number of carbonyl (C=O) groups excluding carboxylic acids is 2. The molecule has 144 valence electrons. The van der Waals surface area contributed by atoms with Crippen molar-refractivity contribution in [1.82, 2.24) is 4.31 Å². The molecule has 0 saturated carbocycles. The third-order valence-corrected chi connectivity index (χ3v) is 5.58. The van der Waals surface area contributed by atoms with Crippen LogP contribution in [-0.2, 0) is 14.8 Å². The number of nitrogens with zero attached hydrogens (tertiary/aromatic N) is 1. The number of amides is 1. The minimum atomic E-state index is -3.79. The van der Waals surface area contributed by atoms with E-state index in [1.807, 2.05) is 0 Å². The highest BCUT2D eigenvalue weighted by Gasteiger charge is 2.24. The standard InChI is InChI=1S/C18H20N2O6S/c1-20(2)27(23,24)16-11-13(7-10-15(16)25-3)17(21)19-14-8-5-12(6-9-14)18(22)26-4/h5-11H,1-4H3,(H,19,21). The number of anilines is 1. The molecule has 0 aliphatic heterocycles. The molecule has 2 rings (SSSR count). The number of ether oxygens (including phenoxy) is 2. The summed E-state index contributed by atoms with van der Waals surface area (Å²) in [7, 11) is 1.63. The topological polar surface area (TPSA) is 102 Å². The van der Waals surface area contributed by atoms with Crippen molar-refractivity contribution in [3.05, 3.63) is 53.6 Å². The van der Waals surface area contributed by atoms with Gasteiger partial charge in [-0.05, 0) is 42.5 Å². The number of sulfonamides is 1. The molecule has 1 amide bonds. The van der Waals surface area contributed by atoms with Gasteiger partial charge in [-0.3, -0.25) is 4.79 Å².